The third kappa shape index (κ3) is 4.33. The molecule has 0 atom stereocenters. The van der Waals surface area contributed by atoms with Crippen molar-refractivity contribution in [2.24, 2.45) is 5.92 Å². The Hall–Kier alpha value is -0.960. The summed E-state index contributed by atoms with van der Waals surface area (Å²) < 4.78 is 5.14. The van der Waals surface area contributed by atoms with Crippen molar-refractivity contribution in [3.8, 4) is 5.69 Å². The summed E-state index contributed by atoms with van der Waals surface area (Å²) in [6.07, 6.45) is 6.46. The van der Waals surface area contributed by atoms with Gasteiger partial charge >= 0.3 is 0 Å². The molecule has 0 saturated carbocycles. The molecule has 1 aliphatic rings. The molecule has 2 aromatic heterocycles. The third-order valence-electron chi connectivity index (χ3n) is 5.84. The zero-order valence-electron chi connectivity index (χ0n) is 17.1. The highest BCUT2D eigenvalue weighted by molar-refractivity contribution is 9.11. The van der Waals surface area contributed by atoms with Crippen molar-refractivity contribution < 1.29 is 5.11 Å². The summed E-state index contributed by atoms with van der Waals surface area (Å²) in [5.74, 6) is 2.52. The second kappa shape index (κ2) is 9.27. The van der Waals surface area contributed by atoms with Gasteiger partial charge in [0.1, 0.15) is 11.6 Å². The van der Waals surface area contributed by atoms with E-state index >= 15 is 0 Å². The number of hydrogen-bond donors (Lipinski definition) is 1. The van der Waals surface area contributed by atoms with Crippen molar-refractivity contribution >= 4 is 64.6 Å². The van der Waals surface area contributed by atoms with Gasteiger partial charge in [0.05, 0.1) is 11.1 Å². The molecule has 0 spiro atoms. The van der Waals surface area contributed by atoms with Gasteiger partial charge in [-0.15, -0.1) is 0 Å². The van der Waals surface area contributed by atoms with Crippen molar-refractivity contribution in [3.63, 3.8) is 0 Å². The molecule has 1 fully saturated rings. The van der Waals surface area contributed by atoms with E-state index in [4.69, 9.17) is 15.1 Å². The topological polar surface area (TPSA) is 54.2 Å². The number of rotatable bonds is 5. The molecule has 8 heteroatoms. The van der Waals surface area contributed by atoms with E-state index in [2.05, 4.69) is 70.4 Å². The fraction of sp³-hybridized carbons (Fsp3) is 0.455. The van der Waals surface area contributed by atoms with Crippen molar-refractivity contribution in [1.82, 2.24) is 14.5 Å². The maximum absolute atomic E-state index is 9.12. The number of anilines is 1. The van der Waals surface area contributed by atoms with Crippen LogP contribution in [0.15, 0.2) is 31.7 Å². The van der Waals surface area contributed by atoms with Gasteiger partial charge in [-0.1, -0.05) is 15.9 Å². The summed E-state index contributed by atoms with van der Waals surface area (Å²) in [5.41, 5.74) is 3.13. The van der Waals surface area contributed by atoms with Crippen LogP contribution in [0.5, 0.6) is 0 Å². The Kier molecular flexibility index (Phi) is 6.87. The van der Waals surface area contributed by atoms with Crippen molar-refractivity contribution in [3.05, 3.63) is 43.1 Å². The van der Waals surface area contributed by atoms with Gasteiger partial charge in [0.25, 0.3) is 0 Å². The normalized spacial score (nSPS) is 15.3. The predicted octanol–water partition coefficient (Wildman–Crippen LogP) is 6.31. The fourth-order valence-electron chi connectivity index (χ4n) is 4.37. The van der Waals surface area contributed by atoms with E-state index in [0.29, 0.717) is 12.5 Å². The summed E-state index contributed by atoms with van der Waals surface area (Å²) in [6, 6.07) is 4.10. The number of aliphatic hydroxyl groups is 1. The maximum Gasteiger partial charge on any atom is 0.150 e. The van der Waals surface area contributed by atoms with Gasteiger partial charge in [-0.3, -0.25) is 4.57 Å². The van der Waals surface area contributed by atoms with E-state index in [1.54, 1.807) is 0 Å². The van der Waals surface area contributed by atoms with E-state index in [9.17, 15) is 0 Å². The quantitative estimate of drug-likeness (QED) is 0.373. The first-order chi connectivity index (χ1) is 14.4. The molecule has 5 nitrogen and oxygen atoms in total. The van der Waals surface area contributed by atoms with Crippen LogP contribution >= 0.6 is 47.8 Å². The second-order valence-electron chi connectivity index (χ2n) is 7.99. The Morgan fingerprint density at radius 1 is 1.07 bits per heavy atom. The highest BCUT2D eigenvalue weighted by Crippen LogP contribution is 2.38. The Bertz CT molecular complexity index is 1050. The Labute approximate surface area is 202 Å². The Morgan fingerprint density at radius 3 is 2.37 bits per heavy atom. The average Bonchev–Trinajstić information content (AvgIpc) is 3.01. The minimum Gasteiger partial charge on any atom is -0.396 e. The lowest BCUT2D eigenvalue weighted by Crippen LogP contribution is -2.34. The average molecular weight is 601 g/mol. The van der Waals surface area contributed by atoms with Crippen molar-refractivity contribution in [2.45, 2.75) is 39.5 Å². The van der Waals surface area contributed by atoms with Crippen LogP contribution < -0.4 is 4.90 Å². The van der Waals surface area contributed by atoms with E-state index < -0.39 is 0 Å². The highest BCUT2D eigenvalue weighted by Gasteiger charge is 2.25. The number of aryl methyl sites for hydroxylation is 2. The van der Waals surface area contributed by atoms with E-state index in [-0.39, 0.29) is 0 Å². The monoisotopic (exact) mass is 598 g/mol. The number of aromatic nitrogens is 3. The molecule has 3 heterocycles. The van der Waals surface area contributed by atoms with E-state index in [1.807, 2.05) is 19.1 Å². The summed E-state index contributed by atoms with van der Waals surface area (Å²) in [6.45, 7) is 6.39. The summed E-state index contributed by atoms with van der Waals surface area (Å²) in [5, 5.41) is 10.2. The summed E-state index contributed by atoms with van der Waals surface area (Å²) >= 11 is 11.0. The van der Waals surface area contributed by atoms with Gasteiger partial charge in [0.2, 0.25) is 0 Å². The number of aliphatic hydroxyl groups excluding tert-OH is 1. The molecular weight excluding hydrogens is 576 g/mol. The predicted molar refractivity (Wildman–Crippen MR) is 133 cm³/mol. The first-order valence-corrected chi connectivity index (χ1v) is 12.6. The summed E-state index contributed by atoms with van der Waals surface area (Å²) in [4.78, 5) is 12.1. The van der Waals surface area contributed by atoms with Crippen LogP contribution in [0.25, 0.3) is 16.7 Å². The van der Waals surface area contributed by atoms with Crippen LogP contribution in [-0.4, -0.2) is 39.3 Å². The molecule has 0 aliphatic carbocycles. The van der Waals surface area contributed by atoms with E-state index in [1.165, 1.54) is 5.56 Å². The molecule has 0 bridgehead atoms. The van der Waals surface area contributed by atoms with Gasteiger partial charge in [-0.2, -0.15) is 0 Å². The molecule has 0 unspecified atom stereocenters. The van der Waals surface area contributed by atoms with Gasteiger partial charge in [-0.05, 0) is 95.0 Å². The van der Waals surface area contributed by atoms with Crippen LogP contribution in [0.2, 0.25) is 0 Å². The molecule has 1 saturated heterocycles. The Morgan fingerprint density at radius 2 is 1.73 bits per heavy atom. The first-order valence-electron chi connectivity index (χ1n) is 10.3. The molecule has 1 N–H and O–H groups in total. The van der Waals surface area contributed by atoms with Gasteiger partial charge in [0, 0.05) is 39.3 Å². The molecule has 30 heavy (non-hydrogen) atoms. The molecule has 0 amide bonds. The second-order valence-corrected chi connectivity index (χ2v) is 10.6. The number of piperidine rings is 1. The first kappa shape index (κ1) is 22.2. The molecule has 160 valence electrons. The van der Waals surface area contributed by atoms with Crippen molar-refractivity contribution in [2.75, 3.05) is 24.6 Å². The number of nitrogens with zero attached hydrogens (tertiary/aromatic N) is 4. The molecule has 3 aromatic rings. The minimum absolute atomic E-state index is 0.291. The number of halogens is 3. The standard InChI is InChI=1S/C22H25Br3N4O/c1-13-12-29(20-17(24)10-16(23)11-18(20)25)22-19(13)21(26-14(2)27-22)28-7-5-15(6-8-28)4-3-9-30/h10-12,15,30H,3-9H2,1-2H3. The van der Waals surface area contributed by atoms with Crippen LogP contribution in [0.3, 0.4) is 0 Å². The van der Waals surface area contributed by atoms with Gasteiger partial charge in [-0.25, -0.2) is 9.97 Å². The van der Waals surface area contributed by atoms with Crippen LogP contribution in [0.1, 0.15) is 37.1 Å². The van der Waals surface area contributed by atoms with Crippen LogP contribution in [0, 0.1) is 19.8 Å². The fourth-order valence-corrected chi connectivity index (χ4v) is 7.01. The lowest BCUT2D eigenvalue weighted by atomic mass is 9.92. The molecule has 4 rings (SSSR count). The number of benzene rings is 1. The minimum atomic E-state index is 0.291. The maximum atomic E-state index is 9.12. The zero-order chi connectivity index (χ0) is 21.4. The Balaban J connectivity index is 1.76. The molecule has 0 radical (unpaired) electrons. The molecule has 1 aromatic carbocycles. The van der Waals surface area contributed by atoms with Crippen LogP contribution in [-0.2, 0) is 0 Å². The van der Waals surface area contributed by atoms with E-state index in [0.717, 1.165) is 80.6 Å². The van der Waals surface area contributed by atoms with Crippen LogP contribution in [0.4, 0.5) is 5.82 Å². The largest absolute Gasteiger partial charge is 0.396 e. The SMILES string of the molecule is Cc1nc(N2CCC(CCCO)CC2)c2c(C)cn(-c3c(Br)cc(Br)cc3Br)c2n1. The highest BCUT2D eigenvalue weighted by atomic mass is 79.9. The van der Waals surface area contributed by atoms with Crippen molar-refractivity contribution in [1.29, 1.82) is 0 Å². The van der Waals surface area contributed by atoms with Gasteiger partial charge < -0.3 is 10.0 Å². The smallest absolute Gasteiger partial charge is 0.150 e. The zero-order valence-corrected chi connectivity index (χ0v) is 21.9. The number of hydrogen-bond acceptors (Lipinski definition) is 4. The molecule has 1 aliphatic heterocycles. The molecular formula is C22H25Br3N4O. The lowest BCUT2D eigenvalue weighted by Gasteiger charge is -2.33. The lowest BCUT2D eigenvalue weighted by molar-refractivity contribution is 0.261. The third-order valence-corrected chi connectivity index (χ3v) is 7.50. The number of fused-ring (bicyclic) bond motifs is 1. The van der Waals surface area contributed by atoms with Gasteiger partial charge in [0.15, 0.2) is 5.65 Å². The summed E-state index contributed by atoms with van der Waals surface area (Å²) in [7, 11) is 0.